The Morgan fingerprint density at radius 2 is 2.20 bits per heavy atom. The van der Waals surface area contributed by atoms with Crippen LogP contribution in [0.2, 0.25) is 0 Å². The zero-order chi connectivity index (χ0) is 7.72. The van der Waals surface area contributed by atoms with Gasteiger partial charge in [-0.2, -0.15) is 0 Å². The zero-order valence-corrected chi connectivity index (χ0v) is 7.22. The van der Waals surface area contributed by atoms with Crippen molar-refractivity contribution in [1.82, 2.24) is 4.90 Å². The van der Waals surface area contributed by atoms with Crippen molar-refractivity contribution in [2.45, 2.75) is 33.2 Å². The van der Waals surface area contributed by atoms with E-state index in [0.29, 0.717) is 6.04 Å². The second-order valence-corrected chi connectivity index (χ2v) is 3.62. The molecule has 0 bridgehead atoms. The summed E-state index contributed by atoms with van der Waals surface area (Å²) in [4.78, 5) is 2.39. The lowest BCUT2D eigenvalue weighted by atomic mass is 10.1. The summed E-state index contributed by atoms with van der Waals surface area (Å²) in [6, 6.07) is 0.637. The molecule has 0 aromatic carbocycles. The third kappa shape index (κ3) is 1.34. The summed E-state index contributed by atoms with van der Waals surface area (Å²) in [5, 5.41) is 0. The maximum atomic E-state index is 4.03. The molecule has 1 unspecified atom stereocenters. The van der Waals surface area contributed by atoms with Crippen LogP contribution in [0.5, 0.6) is 0 Å². The van der Waals surface area contributed by atoms with E-state index in [1.54, 1.807) is 0 Å². The first-order valence-electron chi connectivity index (χ1n) is 4.05. The second-order valence-electron chi connectivity index (χ2n) is 3.62. The molecule has 1 heteroatoms. The third-order valence-corrected chi connectivity index (χ3v) is 2.12. The first-order chi connectivity index (χ1) is 4.61. The molecule has 10 heavy (non-hydrogen) atoms. The van der Waals surface area contributed by atoms with E-state index < -0.39 is 0 Å². The van der Waals surface area contributed by atoms with E-state index in [2.05, 4.69) is 32.3 Å². The average molecular weight is 139 g/mol. The molecular formula is C9H17N. The van der Waals surface area contributed by atoms with Crippen molar-refractivity contribution >= 4 is 0 Å². The summed E-state index contributed by atoms with van der Waals surface area (Å²) in [5.41, 5.74) is 1.32. The number of likely N-dealkylation sites (tertiary alicyclic amines) is 1. The molecule has 1 heterocycles. The fourth-order valence-corrected chi connectivity index (χ4v) is 1.62. The van der Waals surface area contributed by atoms with Crippen LogP contribution in [0, 0.1) is 5.92 Å². The predicted molar refractivity (Wildman–Crippen MR) is 44.8 cm³/mol. The largest absolute Gasteiger partial charge is 0.373 e. The molecular weight excluding hydrogens is 122 g/mol. The Hall–Kier alpha value is -0.460. The summed E-state index contributed by atoms with van der Waals surface area (Å²) in [6.45, 7) is 12.0. The molecule has 1 aliphatic heterocycles. The summed E-state index contributed by atoms with van der Waals surface area (Å²) >= 11 is 0. The summed E-state index contributed by atoms with van der Waals surface area (Å²) in [6.07, 6.45) is 1.19. The molecule has 58 valence electrons. The number of hydrogen-bond acceptors (Lipinski definition) is 1. The lowest BCUT2D eigenvalue weighted by Crippen LogP contribution is -2.26. The lowest BCUT2D eigenvalue weighted by Gasteiger charge is -2.23. The smallest absolute Gasteiger partial charge is 0.0230 e. The van der Waals surface area contributed by atoms with E-state index in [0.717, 1.165) is 5.92 Å². The van der Waals surface area contributed by atoms with Crippen LogP contribution >= 0.6 is 0 Å². The van der Waals surface area contributed by atoms with Crippen molar-refractivity contribution in [3.63, 3.8) is 0 Å². The first-order valence-corrected chi connectivity index (χ1v) is 4.05. The van der Waals surface area contributed by atoms with Crippen molar-refractivity contribution < 1.29 is 0 Å². The van der Waals surface area contributed by atoms with Gasteiger partial charge in [-0.25, -0.2) is 0 Å². The van der Waals surface area contributed by atoms with Crippen LogP contribution in [-0.4, -0.2) is 17.5 Å². The van der Waals surface area contributed by atoms with Crippen molar-refractivity contribution in [3.05, 3.63) is 12.3 Å². The Balaban J connectivity index is 2.55. The Kier molecular flexibility index (Phi) is 2.02. The van der Waals surface area contributed by atoms with Gasteiger partial charge >= 0.3 is 0 Å². The minimum atomic E-state index is 0.637. The second kappa shape index (κ2) is 2.65. The van der Waals surface area contributed by atoms with E-state index in [1.807, 2.05) is 0 Å². The lowest BCUT2D eigenvalue weighted by molar-refractivity contribution is 0.309. The van der Waals surface area contributed by atoms with Crippen molar-refractivity contribution in [2.75, 3.05) is 6.54 Å². The van der Waals surface area contributed by atoms with Gasteiger partial charge in [0.2, 0.25) is 0 Å². The number of hydrogen-bond donors (Lipinski definition) is 0. The molecule has 0 spiro atoms. The fraction of sp³-hybridized carbons (Fsp3) is 0.778. The van der Waals surface area contributed by atoms with Gasteiger partial charge in [-0.1, -0.05) is 13.5 Å². The van der Waals surface area contributed by atoms with Gasteiger partial charge in [0.25, 0.3) is 0 Å². The van der Waals surface area contributed by atoms with E-state index in [1.165, 1.54) is 18.7 Å². The standard InChI is InChI=1S/C9H17N/c1-7(2)10-6-8(3)5-9(10)4/h7-8H,4-6H2,1-3H3. The molecule has 0 saturated carbocycles. The minimum Gasteiger partial charge on any atom is -0.373 e. The van der Waals surface area contributed by atoms with Gasteiger partial charge in [0.05, 0.1) is 0 Å². The average Bonchev–Trinajstić information content (AvgIpc) is 2.10. The van der Waals surface area contributed by atoms with Crippen LogP contribution in [0.25, 0.3) is 0 Å². The molecule has 1 nitrogen and oxygen atoms in total. The Morgan fingerprint density at radius 1 is 1.60 bits per heavy atom. The normalized spacial score (nSPS) is 26.6. The van der Waals surface area contributed by atoms with Crippen LogP contribution in [0.1, 0.15) is 27.2 Å². The van der Waals surface area contributed by atoms with E-state index in [-0.39, 0.29) is 0 Å². The molecule has 0 radical (unpaired) electrons. The molecule has 1 atom stereocenters. The molecule has 1 rings (SSSR count). The van der Waals surface area contributed by atoms with Crippen molar-refractivity contribution in [2.24, 2.45) is 5.92 Å². The molecule has 1 saturated heterocycles. The van der Waals surface area contributed by atoms with E-state index in [9.17, 15) is 0 Å². The number of rotatable bonds is 1. The van der Waals surface area contributed by atoms with Gasteiger partial charge in [-0.05, 0) is 26.2 Å². The van der Waals surface area contributed by atoms with Crippen LogP contribution in [0.15, 0.2) is 12.3 Å². The van der Waals surface area contributed by atoms with Gasteiger partial charge in [-0.3, -0.25) is 0 Å². The minimum absolute atomic E-state index is 0.637. The van der Waals surface area contributed by atoms with Gasteiger partial charge < -0.3 is 4.90 Å². The van der Waals surface area contributed by atoms with Gasteiger partial charge in [-0.15, -0.1) is 0 Å². The monoisotopic (exact) mass is 139 g/mol. The molecule has 1 fully saturated rings. The maximum absolute atomic E-state index is 4.03. The summed E-state index contributed by atoms with van der Waals surface area (Å²) < 4.78 is 0. The zero-order valence-electron chi connectivity index (χ0n) is 7.22. The third-order valence-electron chi connectivity index (χ3n) is 2.12. The highest BCUT2D eigenvalue weighted by Gasteiger charge is 2.22. The number of nitrogens with zero attached hydrogens (tertiary/aromatic N) is 1. The molecule has 0 aromatic heterocycles. The molecule has 0 amide bonds. The highest BCUT2D eigenvalue weighted by Crippen LogP contribution is 2.26. The van der Waals surface area contributed by atoms with E-state index >= 15 is 0 Å². The summed E-state index contributed by atoms with van der Waals surface area (Å²) in [7, 11) is 0. The molecule has 0 aliphatic carbocycles. The van der Waals surface area contributed by atoms with Crippen LogP contribution in [0.3, 0.4) is 0 Å². The van der Waals surface area contributed by atoms with Gasteiger partial charge in [0, 0.05) is 18.3 Å². The number of allylic oxidation sites excluding steroid dienone is 1. The fourth-order valence-electron chi connectivity index (χ4n) is 1.62. The Labute approximate surface area is 63.7 Å². The topological polar surface area (TPSA) is 3.24 Å². The van der Waals surface area contributed by atoms with Crippen LogP contribution in [-0.2, 0) is 0 Å². The van der Waals surface area contributed by atoms with Crippen LogP contribution < -0.4 is 0 Å². The molecule has 1 aliphatic rings. The highest BCUT2D eigenvalue weighted by atomic mass is 15.2. The first kappa shape index (κ1) is 7.64. The van der Waals surface area contributed by atoms with Gasteiger partial charge in [0.1, 0.15) is 0 Å². The van der Waals surface area contributed by atoms with Crippen LogP contribution in [0.4, 0.5) is 0 Å². The Morgan fingerprint density at radius 3 is 2.40 bits per heavy atom. The Bertz CT molecular complexity index is 138. The molecule has 0 aromatic rings. The predicted octanol–water partition coefficient (Wildman–Crippen LogP) is 2.25. The molecule has 0 N–H and O–H groups in total. The van der Waals surface area contributed by atoms with Crippen molar-refractivity contribution in [3.8, 4) is 0 Å². The highest BCUT2D eigenvalue weighted by molar-refractivity contribution is 5.03. The quantitative estimate of drug-likeness (QED) is 0.538. The SMILES string of the molecule is C=C1CC(C)CN1C(C)C. The van der Waals surface area contributed by atoms with Gasteiger partial charge in [0.15, 0.2) is 0 Å². The maximum Gasteiger partial charge on any atom is 0.0230 e. The van der Waals surface area contributed by atoms with Crippen molar-refractivity contribution in [1.29, 1.82) is 0 Å². The summed E-state index contributed by atoms with van der Waals surface area (Å²) in [5.74, 6) is 0.815. The van der Waals surface area contributed by atoms with E-state index in [4.69, 9.17) is 0 Å².